The van der Waals surface area contributed by atoms with Crippen LogP contribution in [0.1, 0.15) is 5.56 Å². The fourth-order valence-corrected chi connectivity index (χ4v) is 0.955. The van der Waals surface area contributed by atoms with E-state index in [-0.39, 0.29) is 0 Å². The number of rotatable bonds is 2. The molecule has 0 aliphatic heterocycles. The Balaban J connectivity index is 2.94. The van der Waals surface area contributed by atoms with E-state index in [0.717, 1.165) is 5.56 Å². The number of aliphatic imine (C=N–C) groups is 1. The zero-order valence-corrected chi connectivity index (χ0v) is 7.31. The van der Waals surface area contributed by atoms with Crippen LogP contribution in [-0.4, -0.2) is 30.0 Å². The van der Waals surface area contributed by atoms with E-state index in [9.17, 15) is 0 Å². The number of hydrogen-bond donors (Lipinski definition) is 3. The number of benzene rings is 1. The fourth-order valence-electron chi connectivity index (χ4n) is 0.955. The normalized spacial score (nSPS) is 11.5. The van der Waals surface area contributed by atoms with Gasteiger partial charge in [-0.25, -0.2) is 0 Å². The van der Waals surface area contributed by atoms with Crippen molar-refractivity contribution in [2.24, 2.45) is 10.7 Å². The lowest BCUT2D eigenvalue weighted by Gasteiger charge is -2.01. The molecule has 0 aliphatic carbocycles. The van der Waals surface area contributed by atoms with Crippen molar-refractivity contribution in [3.05, 3.63) is 29.8 Å². The second kappa shape index (κ2) is 4.07. The Morgan fingerprint density at radius 2 is 1.85 bits per heavy atom. The SMILES string of the molecule is CN=C(N)c1ccc(B(O)O)cc1. The minimum absolute atomic E-state index is 0.430. The summed E-state index contributed by atoms with van der Waals surface area (Å²) in [5.41, 5.74) is 6.75. The molecule has 0 saturated heterocycles. The Kier molecular flexibility index (Phi) is 3.05. The third kappa shape index (κ3) is 2.30. The average Bonchev–Trinajstić information content (AvgIpc) is 2.17. The molecule has 68 valence electrons. The van der Waals surface area contributed by atoms with Gasteiger partial charge in [0, 0.05) is 12.6 Å². The first kappa shape index (κ1) is 9.76. The molecule has 0 saturated carbocycles. The summed E-state index contributed by atoms with van der Waals surface area (Å²) in [6, 6.07) is 6.57. The molecule has 1 rings (SSSR count). The maximum Gasteiger partial charge on any atom is 0.488 e. The van der Waals surface area contributed by atoms with Crippen LogP contribution in [-0.2, 0) is 0 Å². The van der Waals surface area contributed by atoms with Crippen molar-refractivity contribution in [1.82, 2.24) is 0 Å². The summed E-state index contributed by atoms with van der Waals surface area (Å²) in [6.45, 7) is 0. The van der Waals surface area contributed by atoms with Gasteiger partial charge in [-0.05, 0) is 5.46 Å². The molecule has 0 bridgehead atoms. The van der Waals surface area contributed by atoms with E-state index in [1.165, 1.54) is 0 Å². The Morgan fingerprint density at radius 3 is 2.23 bits per heavy atom. The van der Waals surface area contributed by atoms with Gasteiger partial charge in [-0.15, -0.1) is 0 Å². The quantitative estimate of drug-likeness (QED) is 0.299. The van der Waals surface area contributed by atoms with E-state index in [4.69, 9.17) is 15.8 Å². The molecule has 0 fully saturated rings. The van der Waals surface area contributed by atoms with E-state index >= 15 is 0 Å². The molecule has 0 unspecified atom stereocenters. The van der Waals surface area contributed by atoms with E-state index in [0.29, 0.717) is 11.3 Å². The van der Waals surface area contributed by atoms with Gasteiger partial charge in [0.15, 0.2) is 0 Å². The van der Waals surface area contributed by atoms with Crippen LogP contribution in [0.5, 0.6) is 0 Å². The molecule has 0 aromatic heterocycles. The van der Waals surface area contributed by atoms with E-state index < -0.39 is 7.12 Å². The topological polar surface area (TPSA) is 78.8 Å². The highest BCUT2D eigenvalue weighted by molar-refractivity contribution is 6.58. The molecule has 0 atom stereocenters. The van der Waals surface area contributed by atoms with Gasteiger partial charge >= 0.3 is 7.12 Å². The zero-order valence-electron chi connectivity index (χ0n) is 7.31. The third-order valence-electron chi connectivity index (χ3n) is 1.75. The van der Waals surface area contributed by atoms with E-state index in [1.807, 2.05) is 0 Å². The van der Waals surface area contributed by atoms with Crippen LogP contribution in [0.2, 0.25) is 0 Å². The van der Waals surface area contributed by atoms with Crippen LogP contribution in [0.3, 0.4) is 0 Å². The molecule has 1 aromatic carbocycles. The molecule has 4 N–H and O–H groups in total. The van der Waals surface area contributed by atoms with Gasteiger partial charge in [-0.3, -0.25) is 4.99 Å². The predicted octanol–water partition coefficient (Wildman–Crippen LogP) is -1.30. The third-order valence-corrected chi connectivity index (χ3v) is 1.75. The highest BCUT2D eigenvalue weighted by Crippen LogP contribution is 1.96. The lowest BCUT2D eigenvalue weighted by Crippen LogP contribution is -2.29. The Morgan fingerprint density at radius 1 is 1.31 bits per heavy atom. The first-order valence-corrected chi connectivity index (χ1v) is 3.84. The van der Waals surface area contributed by atoms with Gasteiger partial charge in [0.05, 0.1) is 0 Å². The first-order chi connectivity index (χ1) is 6.15. The van der Waals surface area contributed by atoms with Crippen molar-refractivity contribution in [2.75, 3.05) is 7.05 Å². The molecule has 0 radical (unpaired) electrons. The van der Waals surface area contributed by atoms with Gasteiger partial charge in [-0.2, -0.15) is 0 Å². The summed E-state index contributed by atoms with van der Waals surface area (Å²) in [7, 11) is 0.165. The maximum absolute atomic E-state index is 8.80. The minimum atomic E-state index is -1.44. The summed E-state index contributed by atoms with van der Waals surface area (Å²) < 4.78 is 0. The number of amidine groups is 1. The molecule has 0 spiro atoms. The van der Waals surface area contributed by atoms with Crippen LogP contribution in [0.4, 0.5) is 0 Å². The van der Waals surface area contributed by atoms with Crippen LogP contribution < -0.4 is 11.2 Å². The summed E-state index contributed by atoms with van der Waals surface area (Å²) in [5, 5.41) is 17.6. The lowest BCUT2D eigenvalue weighted by molar-refractivity contribution is 0.426. The van der Waals surface area contributed by atoms with Crippen molar-refractivity contribution in [3.8, 4) is 0 Å². The van der Waals surface area contributed by atoms with E-state index in [1.54, 1.807) is 31.3 Å². The molecule has 4 nitrogen and oxygen atoms in total. The summed E-state index contributed by atoms with van der Waals surface area (Å²) in [4.78, 5) is 3.80. The monoisotopic (exact) mass is 178 g/mol. The summed E-state index contributed by atoms with van der Waals surface area (Å²) in [6.07, 6.45) is 0. The predicted molar refractivity (Wildman–Crippen MR) is 52.9 cm³/mol. The molecule has 0 aliphatic rings. The van der Waals surface area contributed by atoms with Crippen molar-refractivity contribution >= 4 is 18.4 Å². The van der Waals surface area contributed by atoms with Gasteiger partial charge in [-0.1, -0.05) is 24.3 Å². The summed E-state index contributed by atoms with van der Waals surface area (Å²) >= 11 is 0. The number of nitrogens with two attached hydrogens (primary N) is 1. The molecular weight excluding hydrogens is 167 g/mol. The molecule has 5 heteroatoms. The Labute approximate surface area is 76.9 Å². The fraction of sp³-hybridized carbons (Fsp3) is 0.125. The summed E-state index contributed by atoms with van der Waals surface area (Å²) in [5.74, 6) is 0.430. The van der Waals surface area contributed by atoms with Gasteiger partial charge in [0.1, 0.15) is 5.84 Å². The second-order valence-corrected chi connectivity index (χ2v) is 2.60. The Bertz CT molecular complexity index is 308. The Hall–Kier alpha value is -1.33. The molecule has 1 aromatic rings. The van der Waals surface area contributed by atoms with Gasteiger partial charge in [0.2, 0.25) is 0 Å². The zero-order chi connectivity index (χ0) is 9.84. The highest BCUT2D eigenvalue weighted by Gasteiger charge is 2.09. The van der Waals surface area contributed by atoms with Crippen LogP contribution in [0.25, 0.3) is 0 Å². The number of nitrogens with zero attached hydrogens (tertiary/aromatic N) is 1. The van der Waals surface area contributed by atoms with Crippen LogP contribution in [0, 0.1) is 0 Å². The maximum atomic E-state index is 8.80. The minimum Gasteiger partial charge on any atom is -0.423 e. The first-order valence-electron chi connectivity index (χ1n) is 3.84. The van der Waals surface area contributed by atoms with Crippen LogP contribution >= 0.6 is 0 Å². The standard InChI is InChI=1S/C8H11BN2O2/c1-11-8(10)6-2-4-7(5-3-6)9(12)13/h2-5,12-13H,1H3,(H2,10,11). The largest absolute Gasteiger partial charge is 0.488 e. The molecular formula is C8H11BN2O2. The van der Waals surface area contributed by atoms with Crippen molar-refractivity contribution in [1.29, 1.82) is 0 Å². The van der Waals surface area contributed by atoms with Crippen molar-refractivity contribution < 1.29 is 10.0 Å². The molecule has 0 heterocycles. The van der Waals surface area contributed by atoms with Crippen molar-refractivity contribution in [2.45, 2.75) is 0 Å². The van der Waals surface area contributed by atoms with Crippen LogP contribution in [0.15, 0.2) is 29.3 Å². The lowest BCUT2D eigenvalue weighted by atomic mass is 9.80. The molecule has 0 amide bonds. The van der Waals surface area contributed by atoms with Gasteiger partial charge in [0.25, 0.3) is 0 Å². The number of hydrogen-bond acceptors (Lipinski definition) is 3. The van der Waals surface area contributed by atoms with E-state index in [2.05, 4.69) is 4.99 Å². The molecule has 13 heavy (non-hydrogen) atoms. The van der Waals surface area contributed by atoms with Gasteiger partial charge < -0.3 is 15.8 Å². The average molecular weight is 178 g/mol. The second-order valence-electron chi connectivity index (χ2n) is 2.60. The smallest absolute Gasteiger partial charge is 0.423 e. The highest BCUT2D eigenvalue weighted by atomic mass is 16.4. The van der Waals surface area contributed by atoms with Crippen molar-refractivity contribution in [3.63, 3.8) is 0 Å².